The first-order valence-corrected chi connectivity index (χ1v) is 7.29. The van der Waals surface area contributed by atoms with Gasteiger partial charge in [0.2, 0.25) is 0 Å². The lowest BCUT2D eigenvalue weighted by molar-refractivity contribution is 0.0702. The van der Waals surface area contributed by atoms with E-state index in [2.05, 4.69) is 12.2 Å². The third-order valence-electron chi connectivity index (χ3n) is 2.73. The van der Waals surface area contributed by atoms with Gasteiger partial charge in [-0.05, 0) is 36.4 Å². The number of hydrogen-bond donors (Lipinski definition) is 2. The number of nitrogens with one attached hydrogen (secondary N) is 1. The molecule has 0 saturated heterocycles. The molecule has 0 radical (unpaired) electrons. The van der Waals surface area contributed by atoms with Crippen LogP contribution in [0.4, 0.5) is 0 Å². The second-order valence-corrected chi connectivity index (χ2v) is 5.28. The highest BCUT2D eigenvalue weighted by Crippen LogP contribution is 2.30. The van der Waals surface area contributed by atoms with E-state index in [-0.39, 0.29) is 0 Å². The number of carbonyl (C=O) groups is 1. The Morgan fingerprint density at radius 3 is 2.90 bits per heavy atom. The SMILES string of the molecule is CCNCCOc1cccc(-c2ccc(C(=O)O)s2)c1. The number of ether oxygens (including phenoxy) is 1. The van der Waals surface area contributed by atoms with Crippen molar-refractivity contribution in [1.29, 1.82) is 0 Å². The van der Waals surface area contributed by atoms with Crippen LogP contribution in [0.2, 0.25) is 0 Å². The Kier molecular flexibility index (Phi) is 5.15. The lowest BCUT2D eigenvalue weighted by atomic mass is 10.2. The fourth-order valence-electron chi connectivity index (χ4n) is 1.76. The Bertz CT molecular complexity index is 580. The maximum atomic E-state index is 10.9. The average molecular weight is 291 g/mol. The number of rotatable bonds is 7. The molecule has 2 rings (SSSR count). The predicted octanol–water partition coefficient (Wildman–Crippen LogP) is 3.10. The second kappa shape index (κ2) is 7.07. The van der Waals surface area contributed by atoms with E-state index in [0.717, 1.165) is 29.3 Å². The van der Waals surface area contributed by atoms with Crippen LogP contribution in [0.1, 0.15) is 16.6 Å². The smallest absolute Gasteiger partial charge is 0.345 e. The lowest BCUT2D eigenvalue weighted by Crippen LogP contribution is -2.20. The number of carboxylic acids is 1. The molecule has 0 bridgehead atoms. The van der Waals surface area contributed by atoms with Gasteiger partial charge in [0.1, 0.15) is 17.2 Å². The Labute approximate surface area is 122 Å². The van der Waals surface area contributed by atoms with Gasteiger partial charge in [-0.15, -0.1) is 11.3 Å². The summed E-state index contributed by atoms with van der Waals surface area (Å²) in [5.74, 6) is -0.0926. The molecule has 1 aromatic carbocycles. The van der Waals surface area contributed by atoms with Crippen LogP contribution < -0.4 is 10.1 Å². The molecular weight excluding hydrogens is 274 g/mol. The van der Waals surface area contributed by atoms with Gasteiger partial charge in [-0.2, -0.15) is 0 Å². The zero-order chi connectivity index (χ0) is 14.4. The molecule has 0 saturated carbocycles. The summed E-state index contributed by atoms with van der Waals surface area (Å²) in [6.45, 7) is 4.40. The standard InChI is InChI=1S/C15H17NO3S/c1-2-16-8-9-19-12-5-3-4-11(10-12)13-6-7-14(20-13)15(17)18/h3-7,10,16H,2,8-9H2,1H3,(H,17,18). The number of benzene rings is 1. The average Bonchev–Trinajstić information content (AvgIpc) is 2.94. The van der Waals surface area contributed by atoms with Crippen LogP contribution in [0.15, 0.2) is 36.4 Å². The fraction of sp³-hybridized carbons (Fsp3) is 0.267. The molecular formula is C15H17NO3S. The molecule has 0 atom stereocenters. The molecule has 4 nitrogen and oxygen atoms in total. The van der Waals surface area contributed by atoms with Crippen LogP contribution in [-0.2, 0) is 0 Å². The van der Waals surface area contributed by atoms with Crippen LogP contribution in [0, 0.1) is 0 Å². The van der Waals surface area contributed by atoms with Crippen LogP contribution in [-0.4, -0.2) is 30.8 Å². The topological polar surface area (TPSA) is 58.6 Å². The fourth-order valence-corrected chi connectivity index (χ4v) is 2.61. The van der Waals surface area contributed by atoms with Gasteiger partial charge in [0.25, 0.3) is 0 Å². The summed E-state index contributed by atoms with van der Waals surface area (Å²) >= 11 is 1.27. The lowest BCUT2D eigenvalue weighted by Gasteiger charge is -2.07. The van der Waals surface area contributed by atoms with Crippen LogP contribution in [0.25, 0.3) is 10.4 Å². The van der Waals surface area contributed by atoms with Crippen molar-refractivity contribution in [1.82, 2.24) is 5.32 Å². The van der Waals surface area contributed by atoms with Crippen molar-refractivity contribution in [3.63, 3.8) is 0 Å². The van der Waals surface area contributed by atoms with E-state index in [4.69, 9.17) is 9.84 Å². The Morgan fingerprint density at radius 2 is 2.20 bits per heavy atom. The van der Waals surface area contributed by atoms with Gasteiger partial charge in [0.05, 0.1) is 0 Å². The van der Waals surface area contributed by atoms with Gasteiger partial charge < -0.3 is 15.2 Å². The maximum absolute atomic E-state index is 10.9. The van der Waals surface area contributed by atoms with Crippen molar-refractivity contribution < 1.29 is 14.6 Å². The molecule has 2 aromatic rings. The van der Waals surface area contributed by atoms with Gasteiger partial charge in [0.15, 0.2) is 0 Å². The highest BCUT2D eigenvalue weighted by Gasteiger charge is 2.08. The maximum Gasteiger partial charge on any atom is 0.345 e. The molecule has 0 spiro atoms. The molecule has 106 valence electrons. The minimum atomic E-state index is -0.890. The number of likely N-dealkylation sites (N-methyl/N-ethyl adjacent to an activating group) is 1. The number of carboxylic acid groups (broad SMARTS) is 1. The van der Waals surface area contributed by atoms with E-state index in [1.165, 1.54) is 11.3 Å². The summed E-state index contributed by atoms with van der Waals surface area (Å²) in [5.41, 5.74) is 0.975. The van der Waals surface area contributed by atoms with E-state index in [1.54, 1.807) is 6.07 Å². The van der Waals surface area contributed by atoms with Crippen molar-refractivity contribution >= 4 is 17.3 Å². The summed E-state index contributed by atoms with van der Waals surface area (Å²) < 4.78 is 5.65. The summed E-state index contributed by atoms with van der Waals surface area (Å²) in [6.07, 6.45) is 0. The zero-order valence-corrected chi connectivity index (χ0v) is 12.1. The molecule has 0 amide bonds. The highest BCUT2D eigenvalue weighted by atomic mass is 32.1. The first kappa shape index (κ1) is 14.6. The first-order chi connectivity index (χ1) is 9.70. The summed E-state index contributed by atoms with van der Waals surface area (Å²) in [6, 6.07) is 11.2. The third kappa shape index (κ3) is 3.82. The van der Waals surface area contributed by atoms with Crippen molar-refractivity contribution in [3.8, 4) is 16.2 Å². The summed E-state index contributed by atoms with van der Waals surface area (Å²) in [4.78, 5) is 12.2. The Morgan fingerprint density at radius 1 is 1.35 bits per heavy atom. The molecule has 0 aliphatic carbocycles. The second-order valence-electron chi connectivity index (χ2n) is 4.20. The monoisotopic (exact) mass is 291 g/mol. The molecule has 20 heavy (non-hydrogen) atoms. The number of hydrogen-bond acceptors (Lipinski definition) is 4. The van der Waals surface area contributed by atoms with Crippen molar-refractivity contribution in [2.75, 3.05) is 19.7 Å². The van der Waals surface area contributed by atoms with Gasteiger partial charge in [-0.1, -0.05) is 19.1 Å². The molecule has 2 N–H and O–H groups in total. The van der Waals surface area contributed by atoms with E-state index in [0.29, 0.717) is 11.5 Å². The normalized spacial score (nSPS) is 10.4. The van der Waals surface area contributed by atoms with Gasteiger partial charge in [0, 0.05) is 11.4 Å². The van der Waals surface area contributed by atoms with E-state index in [1.807, 2.05) is 30.3 Å². The van der Waals surface area contributed by atoms with Crippen molar-refractivity contribution in [2.24, 2.45) is 0 Å². The molecule has 0 aliphatic rings. The van der Waals surface area contributed by atoms with Gasteiger partial charge >= 0.3 is 5.97 Å². The molecule has 0 fully saturated rings. The van der Waals surface area contributed by atoms with E-state index in [9.17, 15) is 4.79 Å². The predicted molar refractivity (Wildman–Crippen MR) is 80.8 cm³/mol. The van der Waals surface area contributed by atoms with Gasteiger partial charge in [-0.3, -0.25) is 0 Å². The summed E-state index contributed by atoms with van der Waals surface area (Å²) in [7, 11) is 0. The largest absolute Gasteiger partial charge is 0.492 e. The number of aromatic carboxylic acids is 1. The quantitative estimate of drug-likeness (QED) is 0.770. The molecule has 0 aliphatic heterocycles. The minimum Gasteiger partial charge on any atom is -0.492 e. The van der Waals surface area contributed by atoms with E-state index >= 15 is 0 Å². The first-order valence-electron chi connectivity index (χ1n) is 6.48. The molecule has 0 unspecified atom stereocenters. The molecule has 5 heteroatoms. The highest BCUT2D eigenvalue weighted by molar-refractivity contribution is 7.17. The zero-order valence-electron chi connectivity index (χ0n) is 11.3. The number of thiophene rings is 1. The minimum absolute atomic E-state index is 0.346. The summed E-state index contributed by atoms with van der Waals surface area (Å²) in [5, 5.41) is 12.1. The Hall–Kier alpha value is -1.85. The Balaban J connectivity index is 2.06. The van der Waals surface area contributed by atoms with Crippen LogP contribution in [0.5, 0.6) is 5.75 Å². The molecule has 1 aromatic heterocycles. The van der Waals surface area contributed by atoms with E-state index < -0.39 is 5.97 Å². The van der Waals surface area contributed by atoms with Gasteiger partial charge in [-0.25, -0.2) is 4.79 Å². The third-order valence-corrected chi connectivity index (χ3v) is 3.86. The van der Waals surface area contributed by atoms with Crippen molar-refractivity contribution in [3.05, 3.63) is 41.3 Å². The van der Waals surface area contributed by atoms with Crippen LogP contribution in [0.3, 0.4) is 0 Å². The molecule has 1 heterocycles. The van der Waals surface area contributed by atoms with Crippen molar-refractivity contribution in [2.45, 2.75) is 6.92 Å². The van der Waals surface area contributed by atoms with Crippen LogP contribution >= 0.6 is 11.3 Å².